The Kier molecular flexibility index (Phi) is 10.3. The molecule has 2 heterocycles. The van der Waals surface area contributed by atoms with Crippen molar-refractivity contribution in [1.29, 1.82) is 0 Å². The van der Waals surface area contributed by atoms with E-state index in [0.29, 0.717) is 30.4 Å². The maximum atomic E-state index is 10.5. The summed E-state index contributed by atoms with van der Waals surface area (Å²) in [6.45, 7) is -1.20. The number of phenols is 2. The highest BCUT2D eigenvalue weighted by molar-refractivity contribution is 5.41. The van der Waals surface area contributed by atoms with Gasteiger partial charge < -0.3 is 70.0 Å². The number of phenolic OH excluding ortho intramolecular Hbond substituents is 2. The molecule has 228 valence electrons. The number of aromatic hydroxyl groups is 2. The third kappa shape index (κ3) is 7.01. The lowest BCUT2D eigenvalue weighted by atomic mass is 9.99. The first-order valence-corrected chi connectivity index (χ1v) is 13.1. The Morgan fingerprint density at radius 3 is 1.29 bits per heavy atom. The molecule has 2 unspecified atom stereocenters. The summed E-state index contributed by atoms with van der Waals surface area (Å²) < 4.78 is 21.6. The summed E-state index contributed by atoms with van der Waals surface area (Å²) in [4.78, 5) is 0. The summed E-state index contributed by atoms with van der Waals surface area (Å²) >= 11 is 0. The van der Waals surface area contributed by atoms with E-state index in [1.807, 2.05) is 0 Å². The van der Waals surface area contributed by atoms with Crippen LogP contribution in [-0.4, -0.2) is 126 Å². The molecule has 0 saturated carbocycles. The van der Waals surface area contributed by atoms with Gasteiger partial charge in [-0.3, -0.25) is 0 Å². The molecule has 2 aliphatic rings. The molecular weight excluding hydrogens is 548 g/mol. The normalized spacial score (nSPS) is 33.9. The number of aliphatic hydroxyl groups excluding tert-OH is 8. The van der Waals surface area contributed by atoms with Crippen LogP contribution in [0.4, 0.5) is 0 Å². The van der Waals surface area contributed by atoms with Crippen LogP contribution in [0.1, 0.15) is 17.5 Å². The van der Waals surface area contributed by atoms with Crippen LogP contribution in [-0.2, 0) is 22.3 Å². The van der Waals surface area contributed by atoms with Crippen molar-refractivity contribution in [2.45, 2.75) is 80.7 Å². The Morgan fingerprint density at radius 2 is 0.951 bits per heavy atom. The zero-order valence-electron chi connectivity index (χ0n) is 21.9. The van der Waals surface area contributed by atoms with Gasteiger partial charge >= 0.3 is 0 Å². The number of hydrogen-bond donors (Lipinski definition) is 10. The summed E-state index contributed by atoms with van der Waals surface area (Å²) in [5.74, 6) is 0.0607. The maximum absolute atomic E-state index is 10.5. The molecule has 0 radical (unpaired) electrons. The fraction of sp³-hybridized carbons (Fsp3) is 0.556. The molecule has 2 saturated heterocycles. The van der Waals surface area contributed by atoms with Crippen molar-refractivity contribution < 1.29 is 70.0 Å². The highest BCUT2D eigenvalue weighted by Crippen LogP contribution is 2.31. The van der Waals surface area contributed by atoms with Crippen molar-refractivity contribution in [2.24, 2.45) is 0 Å². The van der Waals surface area contributed by atoms with Gasteiger partial charge in [0, 0.05) is 12.1 Å². The molecule has 14 heteroatoms. The molecule has 2 aromatic carbocycles. The van der Waals surface area contributed by atoms with Crippen LogP contribution in [0.25, 0.3) is 0 Å². The summed E-state index contributed by atoms with van der Waals surface area (Å²) in [5.41, 5.74) is 1.15. The summed E-state index contributed by atoms with van der Waals surface area (Å²) in [6.07, 6.45) is -13.0. The predicted molar refractivity (Wildman–Crippen MR) is 137 cm³/mol. The maximum Gasteiger partial charge on any atom is 0.229 e. The largest absolute Gasteiger partial charge is 0.508 e. The van der Waals surface area contributed by atoms with Gasteiger partial charge in [0.2, 0.25) is 12.6 Å². The van der Waals surface area contributed by atoms with E-state index in [0.717, 1.165) is 0 Å². The Morgan fingerprint density at radius 1 is 0.561 bits per heavy atom. The van der Waals surface area contributed by atoms with E-state index in [1.54, 1.807) is 12.1 Å². The monoisotopic (exact) mass is 584 g/mol. The van der Waals surface area contributed by atoms with Crippen molar-refractivity contribution in [2.75, 3.05) is 13.2 Å². The van der Waals surface area contributed by atoms with E-state index < -0.39 is 74.6 Å². The number of ether oxygens (including phenoxy) is 4. The van der Waals surface area contributed by atoms with Crippen LogP contribution in [0, 0.1) is 0 Å². The van der Waals surface area contributed by atoms with Gasteiger partial charge in [-0.05, 0) is 42.5 Å². The number of aryl methyl sites for hydroxylation is 2. The summed E-state index contributed by atoms with van der Waals surface area (Å²) in [7, 11) is 0. The van der Waals surface area contributed by atoms with Gasteiger partial charge in [-0.15, -0.1) is 0 Å². The SMILES string of the molecule is OC[C@H]1OC(Oc2ccc(CCCc3ccc(OC4O[C@H](CO)[C@@H](O)[C@H](O)[C@H]4O)cc3O)c(O)c2)[C@H](O)[C@@H](O)[C@@H]1O. The Hall–Kier alpha value is -2.76. The van der Waals surface area contributed by atoms with Gasteiger partial charge in [0.25, 0.3) is 0 Å². The van der Waals surface area contributed by atoms with Crippen molar-refractivity contribution >= 4 is 0 Å². The highest BCUT2D eigenvalue weighted by atomic mass is 16.7. The first kappa shape index (κ1) is 31.2. The van der Waals surface area contributed by atoms with Gasteiger partial charge in [0.1, 0.15) is 71.8 Å². The zero-order chi connectivity index (χ0) is 29.8. The average molecular weight is 585 g/mol. The van der Waals surface area contributed by atoms with Crippen LogP contribution in [0.2, 0.25) is 0 Å². The first-order chi connectivity index (χ1) is 19.5. The summed E-state index contributed by atoms with van der Waals surface area (Å²) in [5, 5.41) is 99.3. The van der Waals surface area contributed by atoms with Gasteiger partial charge in [-0.25, -0.2) is 0 Å². The molecule has 2 aliphatic heterocycles. The van der Waals surface area contributed by atoms with E-state index >= 15 is 0 Å². The fourth-order valence-electron chi connectivity index (χ4n) is 4.72. The molecule has 10 atom stereocenters. The molecular formula is C27H36O14. The number of rotatable bonds is 10. The molecule has 4 rings (SSSR count). The third-order valence-corrected chi connectivity index (χ3v) is 7.21. The molecule has 0 aromatic heterocycles. The van der Waals surface area contributed by atoms with Crippen molar-refractivity contribution in [3.8, 4) is 23.0 Å². The quantitative estimate of drug-likeness (QED) is 0.140. The van der Waals surface area contributed by atoms with E-state index in [1.165, 1.54) is 24.3 Å². The number of hydrogen-bond acceptors (Lipinski definition) is 14. The number of benzene rings is 2. The molecule has 2 fully saturated rings. The van der Waals surface area contributed by atoms with E-state index in [9.17, 15) is 51.1 Å². The Bertz CT molecular complexity index is 1060. The van der Waals surface area contributed by atoms with Crippen molar-refractivity contribution in [3.63, 3.8) is 0 Å². The van der Waals surface area contributed by atoms with E-state index in [-0.39, 0.29) is 23.0 Å². The summed E-state index contributed by atoms with van der Waals surface area (Å²) in [6, 6.07) is 8.87. The third-order valence-electron chi connectivity index (χ3n) is 7.21. The minimum atomic E-state index is -1.59. The first-order valence-electron chi connectivity index (χ1n) is 13.1. The lowest BCUT2D eigenvalue weighted by Crippen LogP contribution is -2.60. The van der Waals surface area contributed by atoms with Gasteiger partial charge in [0.15, 0.2) is 0 Å². The number of aliphatic hydroxyl groups is 8. The van der Waals surface area contributed by atoms with Crippen LogP contribution in [0.5, 0.6) is 23.0 Å². The molecule has 0 aliphatic carbocycles. The second-order valence-electron chi connectivity index (χ2n) is 10.1. The second kappa shape index (κ2) is 13.5. The highest BCUT2D eigenvalue weighted by Gasteiger charge is 2.45. The van der Waals surface area contributed by atoms with Crippen LogP contribution in [0.15, 0.2) is 36.4 Å². The second-order valence-corrected chi connectivity index (χ2v) is 10.1. The molecule has 41 heavy (non-hydrogen) atoms. The van der Waals surface area contributed by atoms with Gasteiger partial charge in [-0.1, -0.05) is 12.1 Å². The smallest absolute Gasteiger partial charge is 0.229 e. The topological polar surface area (TPSA) is 239 Å². The van der Waals surface area contributed by atoms with Gasteiger partial charge in [-0.2, -0.15) is 0 Å². The zero-order valence-corrected chi connectivity index (χ0v) is 21.9. The molecule has 0 amide bonds. The minimum absolute atomic E-state index is 0.0976. The van der Waals surface area contributed by atoms with Crippen molar-refractivity contribution in [3.05, 3.63) is 47.5 Å². The van der Waals surface area contributed by atoms with Crippen LogP contribution < -0.4 is 9.47 Å². The predicted octanol–water partition coefficient (Wildman–Crippen LogP) is -2.37. The standard InChI is InChI=1S/C27H36O14/c28-10-18-20(32)22(34)24(36)26(40-18)38-14-6-4-12(16(30)8-14)2-1-3-13-5-7-15(9-17(13)31)39-27-25(37)23(35)21(33)19(11-29)41-27/h4-9,18-37H,1-3,10-11H2/t18-,19-,20-,21-,22+,23+,24-,25-,26?,27?/m1/s1. The van der Waals surface area contributed by atoms with E-state index in [2.05, 4.69) is 0 Å². The fourth-order valence-corrected chi connectivity index (χ4v) is 4.72. The van der Waals surface area contributed by atoms with Gasteiger partial charge in [0.05, 0.1) is 13.2 Å². The average Bonchev–Trinajstić information content (AvgIpc) is 2.95. The lowest BCUT2D eigenvalue weighted by Gasteiger charge is -2.39. The Balaban J connectivity index is 1.30. The lowest BCUT2D eigenvalue weighted by molar-refractivity contribution is -0.277. The van der Waals surface area contributed by atoms with Crippen LogP contribution in [0.3, 0.4) is 0 Å². The minimum Gasteiger partial charge on any atom is -0.508 e. The van der Waals surface area contributed by atoms with Crippen LogP contribution >= 0.6 is 0 Å². The molecule has 10 N–H and O–H groups in total. The Labute approximate surface area is 234 Å². The molecule has 2 aromatic rings. The molecule has 14 nitrogen and oxygen atoms in total. The van der Waals surface area contributed by atoms with E-state index in [4.69, 9.17) is 18.9 Å². The molecule has 0 spiro atoms. The van der Waals surface area contributed by atoms with Crippen molar-refractivity contribution in [1.82, 2.24) is 0 Å². The molecule has 0 bridgehead atoms.